The van der Waals surface area contributed by atoms with Gasteiger partial charge in [-0.3, -0.25) is 0 Å². The fraction of sp³-hybridized carbons (Fsp3) is 0.0714. The molecular formula is C14H10Cl2N4O3S. The number of nitrogens with zero attached hydrogens (tertiary/aromatic N) is 3. The molecule has 0 aliphatic carbocycles. The van der Waals surface area contributed by atoms with E-state index in [1.807, 2.05) is 30.3 Å². The molecule has 0 radical (unpaired) electrons. The Hall–Kier alpha value is -2.00. The molecule has 2 aromatic heterocycles. The molecule has 124 valence electrons. The molecule has 0 aliphatic heterocycles. The second-order valence-electron chi connectivity index (χ2n) is 4.64. The van der Waals surface area contributed by atoms with Crippen LogP contribution in [0.2, 0.25) is 10.2 Å². The van der Waals surface area contributed by atoms with Crippen LogP contribution in [-0.2, 0) is 16.6 Å². The third-order valence-corrected chi connectivity index (χ3v) is 5.04. The van der Waals surface area contributed by atoms with Gasteiger partial charge < -0.3 is 4.42 Å². The van der Waals surface area contributed by atoms with Crippen molar-refractivity contribution in [2.24, 2.45) is 0 Å². The minimum Gasteiger partial charge on any atom is -0.419 e. The molecule has 0 fully saturated rings. The van der Waals surface area contributed by atoms with Crippen molar-refractivity contribution in [3.05, 3.63) is 58.7 Å². The minimum absolute atomic E-state index is 0.0278. The standard InChI is InChI=1S/C14H10Cl2N4O3S/c15-11-6-10(7-17-13(11)16)24(21,22)18-8-12-19-20-14(23-12)9-4-2-1-3-5-9/h1-7,18H,8H2. The number of nitrogens with one attached hydrogen (secondary N) is 1. The van der Waals surface area contributed by atoms with Crippen LogP contribution in [0, 0.1) is 0 Å². The van der Waals surface area contributed by atoms with E-state index >= 15 is 0 Å². The molecule has 0 spiro atoms. The summed E-state index contributed by atoms with van der Waals surface area (Å²) in [6.07, 6.45) is 1.11. The van der Waals surface area contributed by atoms with E-state index < -0.39 is 10.0 Å². The monoisotopic (exact) mass is 384 g/mol. The molecule has 0 unspecified atom stereocenters. The first-order valence-corrected chi connectivity index (χ1v) is 8.88. The minimum atomic E-state index is -3.84. The quantitative estimate of drug-likeness (QED) is 0.679. The molecule has 1 N–H and O–H groups in total. The van der Waals surface area contributed by atoms with E-state index in [2.05, 4.69) is 19.9 Å². The normalized spacial score (nSPS) is 11.6. The van der Waals surface area contributed by atoms with Crippen molar-refractivity contribution in [2.45, 2.75) is 11.4 Å². The van der Waals surface area contributed by atoms with Crippen LogP contribution in [0.5, 0.6) is 0 Å². The molecule has 0 saturated heterocycles. The van der Waals surface area contributed by atoms with Gasteiger partial charge in [0.1, 0.15) is 10.0 Å². The number of pyridine rings is 1. The molecule has 0 aliphatic rings. The van der Waals surface area contributed by atoms with Crippen molar-refractivity contribution >= 4 is 33.2 Å². The largest absolute Gasteiger partial charge is 0.419 e. The maximum atomic E-state index is 12.2. The highest BCUT2D eigenvalue weighted by Gasteiger charge is 2.18. The molecule has 7 nitrogen and oxygen atoms in total. The van der Waals surface area contributed by atoms with Crippen LogP contribution >= 0.6 is 23.2 Å². The van der Waals surface area contributed by atoms with Gasteiger partial charge in [-0.15, -0.1) is 10.2 Å². The second kappa shape index (κ2) is 6.86. The second-order valence-corrected chi connectivity index (χ2v) is 7.17. The Balaban J connectivity index is 1.73. The van der Waals surface area contributed by atoms with Crippen molar-refractivity contribution in [1.29, 1.82) is 0 Å². The maximum absolute atomic E-state index is 12.2. The number of hydrogen-bond acceptors (Lipinski definition) is 6. The van der Waals surface area contributed by atoms with Gasteiger partial charge in [0.2, 0.25) is 21.8 Å². The molecule has 2 heterocycles. The summed E-state index contributed by atoms with van der Waals surface area (Å²) in [7, 11) is -3.84. The number of aromatic nitrogens is 3. The zero-order chi connectivity index (χ0) is 17.2. The number of benzene rings is 1. The van der Waals surface area contributed by atoms with Crippen LogP contribution in [0.3, 0.4) is 0 Å². The van der Waals surface area contributed by atoms with Gasteiger partial charge in [0, 0.05) is 11.8 Å². The summed E-state index contributed by atoms with van der Waals surface area (Å²) in [6.45, 7) is -0.164. The van der Waals surface area contributed by atoms with E-state index in [1.165, 1.54) is 6.07 Å². The lowest BCUT2D eigenvalue weighted by Crippen LogP contribution is -2.23. The van der Waals surface area contributed by atoms with Gasteiger partial charge in [0.25, 0.3) is 0 Å². The molecule has 24 heavy (non-hydrogen) atoms. The topological polar surface area (TPSA) is 98.0 Å². The molecular weight excluding hydrogens is 375 g/mol. The Morgan fingerprint density at radius 3 is 2.58 bits per heavy atom. The van der Waals surface area contributed by atoms with Gasteiger partial charge in [0.15, 0.2) is 0 Å². The zero-order valence-corrected chi connectivity index (χ0v) is 14.3. The predicted octanol–water partition coefficient (Wildman–Crippen LogP) is 2.92. The van der Waals surface area contributed by atoms with Crippen molar-refractivity contribution in [1.82, 2.24) is 19.9 Å². The van der Waals surface area contributed by atoms with Crippen LogP contribution < -0.4 is 4.72 Å². The smallest absolute Gasteiger partial charge is 0.247 e. The van der Waals surface area contributed by atoms with Crippen molar-refractivity contribution in [2.75, 3.05) is 0 Å². The lowest BCUT2D eigenvalue weighted by Gasteiger charge is -2.05. The van der Waals surface area contributed by atoms with Crippen molar-refractivity contribution in [3.63, 3.8) is 0 Å². The summed E-state index contributed by atoms with van der Waals surface area (Å²) in [5.74, 6) is 0.437. The third-order valence-electron chi connectivity index (χ3n) is 2.98. The Morgan fingerprint density at radius 2 is 1.88 bits per heavy atom. The highest BCUT2D eigenvalue weighted by atomic mass is 35.5. The number of rotatable bonds is 5. The third kappa shape index (κ3) is 3.73. The van der Waals surface area contributed by atoms with Gasteiger partial charge in [-0.05, 0) is 18.2 Å². The summed E-state index contributed by atoms with van der Waals surface area (Å²) in [5.41, 5.74) is 0.743. The summed E-state index contributed by atoms with van der Waals surface area (Å²) < 4.78 is 32.2. The highest BCUT2D eigenvalue weighted by Crippen LogP contribution is 2.22. The lowest BCUT2D eigenvalue weighted by molar-refractivity contribution is 0.494. The lowest BCUT2D eigenvalue weighted by atomic mass is 10.2. The van der Waals surface area contributed by atoms with E-state index in [4.69, 9.17) is 27.6 Å². The summed E-state index contributed by atoms with van der Waals surface area (Å²) >= 11 is 11.5. The van der Waals surface area contributed by atoms with E-state index in [1.54, 1.807) is 0 Å². The van der Waals surface area contributed by atoms with Crippen LogP contribution in [0.1, 0.15) is 5.89 Å². The number of halogens is 2. The predicted molar refractivity (Wildman–Crippen MR) is 88.0 cm³/mol. The van der Waals surface area contributed by atoms with Crippen molar-refractivity contribution < 1.29 is 12.8 Å². The molecule has 0 amide bonds. The van der Waals surface area contributed by atoms with Crippen LogP contribution in [0.25, 0.3) is 11.5 Å². The number of sulfonamides is 1. The molecule has 3 aromatic rings. The molecule has 0 atom stereocenters. The van der Waals surface area contributed by atoms with Crippen LogP contribution in [0.4, 0.5) is 0 Å². The Labute approximate surface area is 147 Å². The van der Waals surface area contributed by atoms with E-state index in [-0.39, 0.29) is 27.5 Å². The van der Waals surface area contributed by atoms with Crippen LogP contribution in [-0.4, -0.2) is 23.6 Å². The van der Waals surface area contributed by atoms with E-state index in [0.717, 1.165) is 11.8 Å². The van der Waals surface area contributed by atoms with Crippen LogP contribution in [0.15, 0.2) is 51.9 Å². The molecule has 0 bridgehead atoms. The molecule has 0 saturated carbocycles. The summed E-state index contributed by atoms with van der Waals surface area (Å²) in [4.78, 5) is 3.60. The van der Waals surface area contributed by atoms with Gasteiger partial charge >= 0.3 is 0 Å². The molecule has 1 aromatic carbocycles. The first-order chi connectivity index (χ1) is 11.5. The summed E-state index contributed by atoms with van der Waals surface area (Å²) in [5, 5.41) is 7.77. The zero-order valence-electron chi connectivity index (χ0n) is 12.0. The SMILES string of the molecule is O=S(=O)(NCc1nnc(-c2ccccc2)o1)c1cnc(Cl)c(Cl)c1. The first-order valence-electron chi connectivity index (χ1n) is 6.64. The first kappa shape index (κ1) is 16.8. The Kier molecular flexibility index (Phi) is 4.81. The average Bonchev–Trinajstić information content (AvgIpc) is 3.05. The average molecular weight is 385 g/mol. The van der Waals surface area contributed by atoms with E-state index in [0.29, 0.717) is 5.89 Å². The van der Waals surface area contributed by atoms with Gasteiger partial charge in [-0.2, -0.15) is 0 Å². The fourth-order valence-electron chi connectivity index (χ4n) is 1.81. The Morgan fingerprint density at radius 1 is 1.12 bits per heavy atom. The Bertz CT molecular complexity index is 961. The van der Waals surface area contributed by atoms with Gasteiger partial charge in [-0.1, -0.05) is 41.4 Å². The number of hydrogen-bond donors (Lipinski definition) is 1. The highest BCUT2D eigenvalue weighted by molar-refractivity contribution is 7.89. The van der Waals surface area contributed by atoms with Gasteiger partial charge in [-0.25, -0.2) is 18.1 Å². The summed E-state index contributed by atoms with van der Waals surface area (Å²) in [6, 6.07) is 10.4. The van der Waals surface area contributed by atoms with Gasteiger partial charge in [0.05, 0.1) is 11.6 Å². The van der Waals surface area contributed by atoms with Crippen molar-refractivity contribution in [3.8, 4) is 11.5 Å². The maximum Gasteiger partial charge on any atom is 0.247 e. The van der Waals surface area contributed by atoms with E-state index in [9.17, 15) is 8.42 Å². The fourth-order valence-corrected chi connectivity index (χ4v) is 3.09. The molecule has 10 heteroatoms. The molecule has 3 rings (SSSR count).